The molecule has 5 nitrogen and oxygen atoms in total. The summed E-state index contributed by atoms with van der Waals surface area (Å²) in [5.74, 6) is -0.707. The molecule has 1 amide bonds. The number of halogens is 3. The van der Waals surface area contributed by atoms with Gasteiger partial charge in [-0.05, 0) is 49.0 Å². The molecule has 0 radical (unpaired) electrons. The van der Waals surface area contributed by atoms with E-state index in [2.05, 4.69) is 5.32 Å². The lowest BCUT2D eigenvalue weighted by Gasteiger charge is -2.33. The van der Waals surface area contributed by atoms with Crippen LogP contribution in [0.4, 0.5) is 13.2 Å². The van der Waals surface area contributed by atoms with Crippen LogP contribution in [0.25, 0.3) is 0 Å². The highest BCUT2D eigenvalue weighted by Crippen LogP contribution is 2.36. The molecular formula is C24H23F3N2O3S. The highest BCUT2D eigenvalue weighted by Gasteiger charge is 2.59. The number of hydrogen-bond donors (Lipinski definition) is 2. The van der Waals surface area contributed by atoms with Crippen molar-refractivity contribution < 1.29 is 27.5 Å². The van der Waals surface area contributed by atoms with E-state index in [1.165, 1.54) is 0 Å². The van der Waals surface area contributed by atoms with Crippen molar-refractivity contribution in [2.45, 2.75) is 23.2 Å². The Morgan fingerprint density at radius 2 is 1.45 bits per heavy atom. The number of carbonyl (C=O) groups is 1. The van der Waals surface area contributed by atoms with Gasteiger partial charge in [-0.1, -0.05) is 48.5 Å². The summed E-state index contributed by atoms with van der Waals surface area (Å²) in [7, 11) is 1.10. The number of ether oxygens (including phenoxy) is 1. The van der Waals surface area contributed by atoms with Gasteiger partial charge in [0.15, 0.2) is 0 Å². The molecule has 0 saturated carbocycles. The lowest BCUT2D eigenvalue weighted by molar-refractivity contribution is -0.199. The van der Waals surface area contributed by atoms with Crippen molar-refractivity contribution in [3.8, 4) is 11.5 Å². The first-order chi connectivity index (χ1) is 15.8. The number of rotatable bonds is 10. The summed E-state index contributed by atoms with van der Waals surface area (Å²) in [4.78, 5) is 18.2. The summed E-state index contributed by atoms with van der Waals surface area (Å²) in [6.45, 7) is -0.0553. The molecule has 3 aromatic carbocycles. The third kappa shape index (κ3) is 6.50. The second-order valence-corrected chi connectivity index (χ2v) is 8.08. The van der Waals surface area contributed by atoms with Crippen molar-refractivity contribution in [3.05, 3.63) is 90.5 Å². The minimum atomic E-state index is -4.86. The van der Waals surface area contributed by atoms with Gasteiger partial charge in [0, 0.05) is 10.6 Å². The zero-order chi connectivity index (χ0) is 23.7. The smallest absolute Gasteiger partial charge is 0.416 e. The molecule has 0 aromatic heterocycles. The van der Waals surface area contributed by atoms with Crippen LogP contribution in [0.5, 0.6) is 11.5 Å². The van der Waals surface area contributed by atoms with Crippen molar-refractivity contribution in [3.63, 3.8) is 0 Å². The van der Waals surface area contributed by atoms with Gasteiger partial charge in [0.25, 0.3) is 5.91 Å². The molecule has 1 atom stereocenters. The topological polar surface area (TPSA) is 59.6 Å². The molecular weight excluding hydrogens is 453 g/mol. The molecule has 0 saturated heterocycles. The summed E-state index contributed by atoms with van der Waals surface area (Å²) in [5.41, 5.74) is -0.177. The summed E-state index contributed by atoms with van der Waals surface area (Å²) in [6.07, 6.45) is -4.86. The van der Waals surface area contributed by atoms with Crippen LogP contribution in [0.3, 0.4) is 0 Å². The highest BCUT2D eigenvalue weighted by molar-refractivity contribution is 7.99. The third-order valence-electron chi connectivity index (χ3n) is 4.80. The quantitative estimate of drug-likeness (QED) is 0.306. The standard InChI is InChI=1S/C24H23F3N2O3S/c1-28-23(24(25,26)27,22(30)29-31-16-18-8-4-2-5-9-18)17-33-21-14-12-20(13-15-21)32-19-10-6-3-7-11-19/h2-15,28H,16-17H2,1H3,(H,29,30). The number of para-hydroxylation sites is 1. The average Bonchev–Trinajstić information content (AvgIpc) is 2.81. The summed E-state index contributed by atoms with van der Waals surface area (Å²) >= 11 is 0.898. The van der Waals surface area contributed by atoms with Gasteiger partial charge in [0.2, 0.25) is 5.54 Å². The number of hydrogen-bond acceptors (Lipinski definition) is 5. The largest absolute Gasteiger partial charge is 0.457 e. The van der Waals surface area contributed by atoms with E-state index < -0.39 is 23.4 Å². The predicted molar refractivity (Wildman–Crippen MR) is 121 cm³/mol. The number of carbonyl (C=O) groups excluding carboxylic acids is 1. The number of thioether (sulfide) groups is 1. The van der Waals surface area contributed by atoms with Crippen LogP contribution in [-0.2, 0) is 16.2 Å². The SMILES string of the molecule is CNC(CSc1ccc(Oc2ccccc2)cc1)(C(=O)NOCc1ccccc1)C(F)(F)F. The lowest BCUT2D eigenvalue weighted by atomic mass is 10.0. The van der Waals surface area contributed by atoms with E-state index in [1.807, 2.05) is 23.7 Å². The van der Waals surface area contributed by atoms with Gasteiger partial charge in [0.1, 0.15) is 11.5 Å². The first kappa shape index (κ1) is 24.6. The van der Waals surface area contributed by atoms with Gasteiger partial charge in [-0.3, -0.25) is 14.9 Å². The van der Waals surface area contributed by atoms with Gasteiger partial charge in [-0.2, -0.15) is 13.2 Å². The Morgan fingerprint density at radius 3 is 2.03 bits per heavy atom. The average molecular weight is 477 g/mol. The number of alkyl halides is 3. The Kier molecular flexibility index (Phi) is 8.37. The normalized spacial score (nSPS) is 13.2. The van der Waals surface area contributed by atoms with Gasteiger partial charge in [-0.25, -0.2) is 5.48 Å². The van der Waals surface area contributed by atoms with Crippen molar-refractivity contribution >= 4 is 17.7 Å². The van der Waals surface area contributed by atoms with Gasteiger partial charge in [-0.15, -0.1) is 11.8 Å². The molecule has 9 heteroatoms. The number of amides is 1. The first-order valence-corrected chi connectivity index (χ1v) is 11.0. The van der Waals surface area contributed by atoms with Crippen LogP contribution in [0.15, 0.2) is 89.8 Å². The number of benzene rings is 3. The van der Waals surface area contributed by atoms with Crippen LogP contribution in [-0.4, -0.2) is 30.4 Å². The molecule has 0 aliphatic carbocycles. The Bertz CT molecular complexity index is 1020. The molecule has 174 valence electrons. The maximum absolute atomic E-state index is 14.0. The third-order valence-corrected chi connectivity index (χ3v) is 5.99. The Morgan fingerprint density at radius 1 is 0.879 bits per heavy atom. The summed E-state index contributed by atoms with van der Waals surface area (Å²) < 4.78 is 47.6. The second-order valence-electron chi connectivity index (χ2n) is 7.03. The van der Waals surface area contributed by atoms with Crippen molar-refractivity contribution in [1.29, 1.82) is 0 Å². The molecule has 3 aromatic rings. The predicted octanol–water partition coefficient (Wildman–Crippen LogP) is 5.34. The molecule has 3 rings (SSSR count). The van der Waals surface area contributed by atoms with Crippen LogP contribution in [0.2, 0.25) is 0 Å². The van der Waals surface area contributed by atoms with Crippen molar-refractivity contribution in [2.24, 2.45) is 0 Å². The van der Waals surface area contributed by atoms with Gasteiger partial charge in [0.05, 0.1) is 6.61 Å². The molecule has 1 unspecified atom stereocenters. The maximum Gasteiger partial charge on any atom is 0.416 e. The maximum atomic E-state index is 14.0. The Labute approximate surface area is 194 Å². The van der Waals surface area contributed by atoms with E-state index in [9.17, 15) is 18.0 Å². The molecule has 0 heterocycles. The Hall–Kier alpha value is -3.01. The minimum absolute atomic E-state index is 0.0553. The fourth-order valence-electron chi connectivity index (χ4n) is 2.87. The molecule has 2 N–H and O–H groups in total. The van der Waals surface area contributed by atoms with Crippen LogP contribution in [0, 0.1) is 0 Å². The minimum Gasteiger partial charge on any atom is -0.457 e. The van der Waals surface area contributed by atoms with E-state index in [1.54, 1.807) is 66.7 Å². The number of nitrogens with one attached hydrogen (secondary N) is 2. The van der Waals surface area contributed by atoms with E-state index in [4.69, 9.17) is 9.57 Å². The molecule has 0 aliphatic heterocycles. The van der Waals surface area contributed by atoms with Crippen molar-refractivity contribution in [1.82, 2.24) is 10.8 Å². The number of hydroxylamine groups is 1. The van der Waals surface area contributed by atoms with E-state index in [0.717, 1.165) is 18.8 Å². The van der Waals surface area contributed by atoms with Crippen LogP contribution < -0.4 is 15.5 Å². The molecule has 0 aliphatic rings. The molecule has 0 spiro atoms. The zero-order valence-electron chi connectivity index (χ0n) is 17.8. The van der Waals surface area contributed by atoms with Crippen LogP contribution in [0.1, 0.15) is 5.56 Å². The van der Waals surface area contributed by atoms with Crippen molar-refractivity contribution in [2.75, 3.05) is 12.8 Å². The van der Waals surface area contributed by atoms with Gasteiger partial charge < -0.3 is 4.74 Å². The Balaban J connectivity index is 1.63. The second kappa shape index (κ2) is 11.2. The van der Waals surface area contributed by atoms with Gasteiger partial charge >= 0.3 is 6.18 Å². The fraction of sp³-hybridized carbons (Fsp3) is 0.208. The van der Waals surface area contributed by atoms with Crippen LogP contribution >= 0.6 is 11.8 Å². The number of likely N-dealkylation sites (N-methyl/N-ethyl adjacent to an activating group) is 1. The monoisotopic (exact) mass is 476 g/mol. The first-order valence-electron chi connectivity index (χ1n) is 10.0. The zero-order valence-corrected chi connectivity index (χ0v) is 18.6. The van der Waals surface area contributed by atoms with E-state index in [0.29, 0.717) is 22.0 Å². The summed E-state index contributed by atoms with van der Waals surface area (Å²) in [6, 6.07) is 24.5. The molecule has 0 fully saturated rings. The lowest BCUT2D eigenvalue weighted by Crippen LogP contribution is -2.66. The summed E-state index contributed by atoms with van der Waals surface area (Å²) in [5, 5.41) is 2.16. The molecule has 0 bridgehead atoms. The highest BCUT2D eigenvalue weighted by atomic mass is 32.2. The fourth-order valence-corrected chi connectivity index (χ4v) is 4.02. The molecule has 33 heavy (non-hydrogen) atoms. The van der Waals surface area contributed by atoms with E-state index in [-0.39, 0.29) is 6.61 Å². The van der Waals surface area contributed by atoms with E-state index >= 15 is 0 Å².